The fourth-order valence-corrected chi connectivity index (χ4v) is 3.03. The van der Waals surface area contributed by atoms with E-state index in [0.717, 1.165) is 31.1 Å². The predicted molar refractivity (Wildman–Crippen MR) is 84.4 cm³/mol. The van der Waals surface area contributed by atoms with E-state index in [1.165, 1.54) is 12.8 Å². The average Bonchev–Trinajstić information content (AvgIpc) is 3.12. The van der Waals surface area contributed by atoms with Crippen LogP contribution in [0, 0.1) is 4.77 Å². The zero-order chi connectivity index (χ0) is 14.7. The molecule has 5 nitrogen and oxygen atoms in total. The molecule has 0 radical (unpaired) electrons. The molecule has 0 spiro atoms. The number of hydrogen-bond donors (Lipinski definition) is 1. The first-order valence-corrected chi connectivity index (χ1v) is 7.76. The minimum Gasteiger partial charge on any atom is -0.395 e. The van der Waals surface area contributed by atoms with Crippen LogP contribution in [-0.2, 0) is 13.2 Å². The summed E-state index contributed by atoms with van der Waals surface area (Å²) < 4.78 is 4.47. The third kappa shape index (κ3) is 3.07. The zero-order valence-electron chi connectivity index (χ0n) is 12.0. The van der Waals surface area contributed by atoms with Crippen LogP contribution in [0.15, 0.2) is 30.3 Å². The lowest BCUT2D eigenvalue weighted by atomic mass is 10.2. The maximum Gasteiger partial charge on any atom is 0.199 e. The summed E-state index contributed by atoms with van der Waals surface area (Å²) in [6.45, 7) is 3.48. The summed E-state index contributed by atoms with van der Waals surface area (Å²) in [5, 5.41) is 14.0. The van der Waals surface area contributed by atoms with Crippen LogP contribution in [0.5, 0.6) is 0 Å². The van der Waals surface area contributed by atoms with Gasteiger partial charge in [-0.15, -0.1) is 0 Å². The van der Waals surface area contributed by atoms with Crippen LogP contribution >= 0.6 is 12.2 Å². The van der Waals surface area contributed by atoms with Crippen molar-refractivity contribution in [2.75, 3.05) is 19.7 Å². The normalized spacial score (nSPS) is 15.7. The minimum atomic E-state index is 0.0591. The maximum atomic E-state index is 9.29. The Kier molecular flexibility index (Phi) is 4.48. The van der Waals surface area contributed by atoms with Crippen molar-refractivity contribution in [1.82, 2.24) is 19.2 Å². The first-order chi connectivity index (χ1) is 10.3. The van der Waals surface area contributed by atoms with Gasteiger partial charge in [-0.25, -0.2) is 4.68 Å². The molecule has 6 heteroatoms. The van der Waals surface area contributed by atoms with Gasteiger partial charge in [-0.3, -0.25) is 9.47 Å². The molecule has 112 valence electrons. The molecule has 0 aliphatic carbocycles. The summed E-state index contributed by atoms with van der Waals surface area (Å²) in [7, 11) is 0. The van der Waals surface area contributed by atoms with E-state index in [-0.39, 0.29) is 6.61 Å². The lowest BCUT2D eigenvalue weighted by Gasteiger charge is -2.13. The van der Waals surface area contributed by atoms with Crippen molar-refractivity contribution in [2.24, 2.45) is 0 Å². The van der Waals surface area contributed by atoms with Crippen molar-refractivity contribution in [1.29, 1.82) is 0 Å². The third-order valence-corrected chi connectivity index (χ3v) is 4.24. The molecule has 0 bridgehead atoms. The van der Waals surface area contributed by atoms with Gasteiger partial charge in [-0.1, -0.05) is 30.3 Å². The average molecular weight is 304 g/mol. The van der Waals surface area contributed by atoms with Gasteiger partial charge < -0.3 is 5.11 Å². The van der Waals surface area contributed by atoms with Crippen molar-refractivity contribution in [3.8, 4) is 11.4 Å². The largest absolute Gasteiger partial charge is 0.395 e. The summed E-state index contributed by atoms with van der Waals surface area (Å²) in [6, 6.07) is 9.99. The monoisotopic (exact) mass is 304 g/mol. The van der Waals surface area contributed by atoms with Crippen LogP contribution in [0.2, 0.25) is 0 Å². The van der Waals surface area contributed by atoms with E-state index in [1.54, 1.807) is 0 Å². The number of aliphatic hydroxyl groups excluding tert-OH is 1. The maximum absolute atomic E-state index is 9.29. The molecule has 1 aliphatic rings. The highest BCUT2D eigenvalue weighted by Crippen LogP contribution is 2.19. The van der Waals surface area contributed by atoms with Gasteiger partial charge in [0.25, 0.3) is 0 Å². The van der Waals surface area contributed by atoms with Crippen LogP contribution in [0.3, 0.4) is 0 Å². The van der Waals surface area contributed by atoms with Gasteiger partial charge >= 0.3 is 0 Å². The van der Waals surface area contributed by atoms with Crippen molar-refractivity contribution < 1.29 is 5.11 Å². The Labute approximate surface area is 129 Å². The molecule has 2 aromatic rings. The van der Waals surface area contributed by atoms with E-state index < -0.39 is 0 Å². The Hall–Kier alpha value is -1.50. The van der Waals surface area contributed by atoms with Gasteiger partial charge in [0.1, 0.15) is 0 Å². The highest BCUT2D eigenvalue weighted by molar-refractivity contribution is 7.71. The molecule has 3 rings (SSSR count). The van der Waals surface area contributed by atoms with Crippen molar-refractivity contribution in [3.05, 3.63) is 35.1 Å². The van der Waals surface area contributed by atoms with E-state index >= 15 is 0 Å². The predicted octanol–water partition coefficient (Wildman–Crippen LogP) is 2.13. The minimum absolute atomic E-state index is 0.0591. The van der Waals surface area contributed by atoms with Crippen molar-refractivity contribution >= 4 is 12.2 Å². The lowest BCUT2D eigenvalue weighted by molar-refractivity contribution is 0.250. The highest BCUT2D eigenvalue weighted by Gasteiger charge is 2.16. The number of rotatable bonds is 5. The molecule has 1 aliphatic heterocycles. The van der Waals surface area contributed by atoms with Crippen LogP contribution < -0.4 is 0 Å². The van der Waals surface area contributed by atoms with Crippen LogP contribution in [0.4, 0.5) is 0 Å². The summed E-state index contributed by atoms with van der Waals surface area (Å²) >= 11 is 5.54. The fraction of sp³-hybridized carbons (Fsp3) is 0.467. The third-order valence-electron chi connectivity index (χ3n) is 3.81. The van der Waals surface area contributed by atoms with E-state index in [0.29, 0.717) is 11.3 Å². The molecule has 21 heavy (non-hydrogen) atoms. The van der Waals surface area contributed by atoms with Crippen LogP contribution in [0.25, 0.3) is 11.4 Å². The molecule has 1 aromatic heterocycles. The molecule has 0 unspecified atom stereocenters. The van der Waals surface area contributed by atoms with Gasteiger partial charge in [-0.05, 0) is 38.1 Å². The molecular formula is C15H20N4OS. The van der Waals surface area contributed by atoms with Gasteiger partial charge in [0.05, 0.1) is 19.8 Å². The lowest BCUT2D eigenvalue weighted by Crippen LogP contribution is -2.23. The number of nitrogens with zero attached hydrogens (tertiary/aromatic N) is 4. The summed E-state index contributed by atoms with van der Waals surface area (Å²) in [4.78, 5) is 2.36. The Morgan fingerprint density at radius 3 is 2.52 bits per heavy atom. The van der Waals surface area contributed by atoms with Gasteiger partial charge in [-0.2, -0.15) is 5.10 Å². The molecule has 1 N–H and O–H groups in total. The zero-order valence-corrected chi connectivity index (χ0v) is 12.8. The second-order valence-electron chi connectivity index (χ2n) is 5.31. The SMILES string of the molecule is OCCn1c(-c2ccccc2)nn(CN2CCCC2)c1=S. The molecule has 0 saturated carbocycles. The Morgan fingerprint density at radius 1 is 1.14 bits per heavy atom. The number of aliphatic hydroxyl groups is 1. The molecule has 1 fully saturated rings. The Bertz CT molecular complexity index is 643. The summed E-state index contributed by atoms with van der Waals surface area (Å²) in [5.41, 5.74) is 1.03. The summed E-state index contributed by atoms with van der Waals surface area (Å²) in [5.74, 6) is 0.828. The number of aromatic nitrogens is 3. The first kappa shape index (κ1) is 14.4. The second-order valence-corrected chi connectivity index (χ2v) is 5.68. The Balaban J connectivity index is 1.96. The van der Waals surface area contributed by atoms with Crippen molar-refractivity contribution in [3.63, 3.8) is 0 Å². The van der Waals surface area contributed by atoms with Gasteiger partial charge in [0.15, 0.2) is 10.6 Å². The molecule has 0 amide bonds. The quantitative estimate of drug-likeness (QED) is 0.860. The molecule has 2 heterocycles. The highest BCUT2D eigenvalue weighted by atomic mass is 32.1. The fourth-order valence-electron chi connectivity index (χ4n) is 2.75. The van der Waals surface area contributed by atoms with Crippen LogP contribution in [0.1, 0.15) is 12.8 Å². The molecule has 1 saturated heterocycles. The van der Waals surface area contributed by atoms with Crippen molar-refractivity contribution in [2.45, 2.75) is 26.1 Å². The van der Waals surface area contributed by atoms with Crippen LogP contribution in [-0.4, -0.2) is 44.1 Å². The van der Waals surface area contributed by atoms with E-state index in [2.05, 4.69) is 10.00 Å². The molecule has 0 atom stereocenters. The van der Waals surface area contributed by atoms with E-state index in [4.69, 9.17) is 12.2 Å². The van der Waals surface area contributed by atoms with E-state index in [9.17, 15) is 5.11 Å². The van der Waals surface area contributed by atoms with Gasteiger partial charge in [0.2, 0.25) is 0 Å². The smallest absolute Gasteiger partial charge is 0.199 e. The van der Waals surface area contributed by atoms with Gasteiger partial charge in [0, 0.05) is 5.56 Å². The topological polar surface area (TPSA) is 46.2 Å². The number of benzene rings is 1. The first-order valence-electron chi connectivity index (χ1n) is 7.36. The Morgan fingerprint density at radius 2 is 1.86 bits per heavy atom. The second kappa shape index (κ2) is 6.51. The molecule has 1 aromatic carbocycles. The molecular weight excluding hydrogens is 284 g/mol. The number of likely N-dealkylation sites (tertiary alicyclic amines) is 1. The number of hydrogen-bond acceptors (Lipinski definition) is 4. The summed E-state index contributed by atoms with van der Waals surface area (Å²) in [6.07, 6.45) is 2.49. The van der Waals surface area contributed by atoms with E-state index in [1.807, 2.05) is 39.6 Å². The standard InChI is InChI=1S/C15H20N4OS/c20-11-10-18-14(13-6-2-1-3-7-13)16-19(15(18)21)12-17-8-4-5-9-17/h1-3,6-7,20H,4-5,8-12H2.